The van der Waals surface area contributed by atoms with Crippen molar-refractivity contribution in [1.29, 1.82) is 0 Å². The molecular weight excluding hydrogens is 272 g/mol. The molecule has 21 heavy (non-hydrogen) atoms. The Kier molecular flexibility index (Phi) is 4.26. The van der Waals surface area contributed by atoms with Crippen LogP contribution in [-0.4, -0.2) is 50.0 Å². The molecule has 0 bridgehead atoms. The molecule has 3 N–H and O–H groups in total. The van der Waals surface area contributed by atoms with Crippen LogP contribution in [0.5, 0.6) is 11.5 Å². The van der Waals surface area contributed by atoms with E-state index in [-0.39, 0.29) is 17.9 Å². The summed E-state index contributed by atoms with van der Waals surface area (Å²) < 4.78 is 11.0. The lowest BCUT2D eigenvalue weighted by atomic mass is 10.1. The molecule has 1 saturated heterocycles. The average molecular weight is 292 g/mol. The molecule has 1 amide bonds. The van der Waals surface area contributed by atoms with Gasteiger partial charge in [0.1, 0.15) is 13.2 Å². The second kappa shape index (κ2) is 6.32. The SMILES string of the molecule is O=C(Cc1ccc2c(c1)OCCO2)NCC1CNCC1O. The number of aliphatic hydroxyl groups excluding tert-OH is 1. The Morgan fingerprint density at radius 1 is 1.29 bits per heavy atom. The summed E-state index contributed by atoms with van der Waals surface area (Å²) >= 11 is 0. The number of aliphatic hydroxyl groups is 1. The van der Waals surface area contributed by atoms with Gasteiger partial charge in [0.05, 0.1) is 12.5 Å². The van der Waals surface area contributed by atoms with Crippen molar-refractivity contribution in [2.75, 3.05) is 32.8 Å². The molecule has 2 unspecified atom stereocenters. The third kappa shape index (κ3) is 3.46. The Labute approximate surface area is 123 Å². The number of fused-ring (bicyclic) bond motifs is 1. The molecule has 0 radical (unpaired) electrons. The number of ether oxygens (including phenoxy) is 2. The van der Waals surface area contributed by atoms with Gasteiger partial charge < -0.3 is 25.2 Å². The van der Waals surface area contributed by atoms with E-state index in [1.165, 1.54) is 0 Å². The number of nitrogens with one attached hydrogen (secondary N) is 2. The van der Waals surface area contributed by atoms with Crippen molar-refractivity contribution in [3.8, 4) is 11.5 Å². The Balaban J connectivity index is 1.52. The third-order valence-corrected chi connectivity index (χ3v) is 3.84. The first-order chi connectivity index (χ1) is 10.2. The topological polar surface area (TPSA) is 79.8 Å². The molecule has 2 aliphatic heterocycles. The lowest BCUT2D eigenvalue weighted by Crippen LogP contribution is -2.35. The monoisotopic (exact) mass is 292 g/mol. The fourth-order valence-corrected chi connectivity index (χ4v) is 2.62. The van der Waals surface area contributed by atoms with Crippen LogP contribution in [0.15, 0.2) is 18.2 Å². The quantitative estimate of drug-likeness (QED) is 0.710. The summed E-state index contributed by atoms with van der Waals surface area (Å²) in [6.07, 6.45) is -0.0769. The zero-order valence-corrected chi connectivity index (χ0v) is 11.8. The highest BCUT2D eigenvalue weighted by atomic mass is 16.6. The van der Waals surface area contributed by atoms with E-state index < -0.39 is 0 Å². The highest BCUT2D eigenvalue weighted by Gasteiger charge is 2.25. The van der Waals surface area contributed by atoms with Crippen molar-refractivity contribution in [2.45, 2.75) is 12.5 Å². The van der Waals surface area contributed by atoms with Gasteiger partial charge in [0.25, 0.3) is 0 Å². The molecule has 3 rings (SSSR count). The number of β-amino-alcohol motifs (C(OH)–C–C–N with tert-alkyl or cyclic N) is 1. The fraction of sp³-hybridized carbons (Fsp3) is 0.533. The molecule has 6 nitrogen and oxygen atoms in total. The van der Waals surface area contributed by atoms with E-state index in [1.54, 1.807) is 0 Å². The van der Waals surface area contributed by atoms with Gasteiger partial charge in [-0.2, -0.15) is 0 Å². The first kappa shape index (κ1) is 14.2. The Morgan fingerprint density at radius 3 is 2.86 bits per heavy atom. The van der Waals surface area contributed by atoms with Gasteiger partial charge in [-0.05, 0) is 17.7 Å². The maximum Gasteiger partial charge on any atom is 0.224 e. The molecule has 1 aromatic rings. The number of carbonyl (C=O) groups excluding carboxylic acids is 1. The van der Waals surface area contributed by atoms with Gasteiger partial charge in [-0.25, -0.2) is 0 Å². The molecule has 0 aromatic heterocycles. The van der Waals surface area contributed by atoms with E-state index in [4.69, 9.17) is 9.47 Å². The summed E-state index contributed by atoms with van der Waals surface area (Å²) in [4.78, 5) is 12.0. The number of benzene rings is 1. The fourth-order valence-electron chi connectivity index (χ4n) is 2.62. The van der Waals surface area contributed by atoms with Gasteiger partial charge in [0, 0.05) is 25.6 Å². The average Bonchev–Trinajstić information content (AvgIpc) is 2.90. The Morgan fingerprint density at radius 2 is 2.10 bits per heavy atom. The second-order valence-electron chi connectivity index (χ2n) is 5.44. The molecule has 114 valence electrons. The van der Waals surface area contributed by atoms with Gasteiger partial charge in [0.2, 0.25) is 5.91 Å². The molecule has 6 heteroatoms. The van der Waals surface area contributed by atoms with Crippen molar-refractivity contribution in [2.24, 2.45) is 5.92 Å². The zero-order chi connectivity index (χ0) is 14.7. The van der Waals surface area contributed by atoms with Crippen LogP contribution >= 0.6 is 0 Å². The van der Waals surface area contributed by atoms with Gasteiger partial charge in [-0.3, -0.25) is 4.79 Å². The lowest BCUT2D eigenvalue weighted by Gasteiger charge is -2.19. The Bertz CT molecular complexity index is 520. The Hall–Kier alpha value is -1.79. The van der Waals surface area contributed by atoms with Gasteiger partial charge in [-0.1, -0.05) is 6.07 Å². The number of hydrogen-bond acceptors (Lipinski definition) is 5. The maximum absolute atomic E-state index is 12.0. The van der Waals surface area contributed by atoms with E-state index in [1.807, 2.05) is 18.2 Å². The standard InChI is InChI=1S/C15H20N2O4/c18-12-9-16-7-11(12)8-17-15(19)6-10-1-2-13-14(5-10)21-4-3-20-13/h1-2,5,11-12,16,18H,3-4,6-9H2,(H,17,19). The maximum atomic E-state index is 12.0. The molecule has 0 saturated carbocycles. The van der Waals surface area contributed by atoms with E-state index in [0.29, 0.717) is 38.5 Å². The molecule has 2 heterocycles. The summed E-state index contributed by atoms with van der Waals surface area (Å²) in [6.45, 7) is 2.94. The predicted octanol–water partition coefficient (Wildman–Crippen LogP) is -0.303. The van der Waals surface area contributed by atoms with E-state index in [2.05, 4.69) is 10.6 Å². The smallest absolute Gasteiger partial charge is 0.224 e. The van der Waals surface area contributed by atoms with Crippen LogP contribution in [0.3, 0.4) is 0 Å². The van der Waals surface area contributed by atoms with E-state index >= 15 is 0 Å². The molecule has 2 aliphatic rings. The van der Waals surface area contributed by atoms with Crippen molar-refractivity contribution in [3.63, 3.8) is 0 Å². The van der Waals surface area contributed by atoms with Crippen LogP contribution in [0.4, 0.5) is 0 Å². The van der Waals surface area contributed by atoms with Gasteiger partial charge in [0.15, 0.2) is 11.5 Å². The van der Waals surface area contributed by atoms with Crippen molar-refractivity contribution in [3.05, 3.63) is 23.8 Å². The summed E-state index contributed by atoms with van der Waals surface area (Å²) in [5.74, 6) is 1.47. The minimum Gasteiger partial charge on any atom is -0.486 e. The van der Waals surface area contributed by atoms with Gasteiger partial charge in [-0.15, -0.1) is 0 Å². The van der Waals surface area contributed by atoms with Gasteiger partial charge >= 0.3 is 0 Å². The number of carbonyl (C=O) groups is 1. The lowest BCUT2D eigenvalue weighted by molar-refractivity contribution is -0.120. The van der Waals surface area contributed by atoms with Crippen LogP contribution in [0, 0.1) is 5.92 Å². The number of hydrogen-bond donors (Lipinski definition) is 3. The van der Waals surface area contributed by atoms with Crippen molar-refractivity contribution >= 4 is 5.91 Å². The predicted molar refractivity (Wildman–Crippen MR) is 76.5 cm³/mol. The van der Waals surface area contributed by atoms with Crippen LogP contribution in [0.25, 0.3) is 0 Å². The van der Waals surface area contributed by atoms with Crippen LogP contribution in [0.2, 0.25) is 0 Å². The third-order valence-electron chi connectivity index (χ3n) is 3.84. The number of amides is 1. The zero-order valence-electron chi connectivity index (χ0n) is 11.8. The molecule has 1 aromatic carbocycles. The molecule has 1 fully saturated rings. The molecule has 0 aliphatic carbocycles. The van der Waals surface area contributed by atoms with E-state index in [9.17, 15) is 9.90 Å². The van der Waals surface area contributed by atoms with Crippen LogP contribution < -0.4 is 20.1 Å². The number of rotatable bonds is 4. The summed E-state index contributed by atoms with van der Waals surface area (Å²) in [6, 6.07) is 5.56. The van der Waals surface area contributed by atoms with Crippen LogP contribution in [0.1, 0.15) is 5.56 Å². The van der Waals surface area contributed by atoms with E-state index in [0.717, 1.165) is 17.9 Å². The second-order valence-corrected chi connectivity index (χ2v) is 5.44. The van der Waals surface area contributed by atoms with Crippen molar-refractivity contribution in [1.82, 2.24) is 10.6 Å². The molecule has 2 atom stereocenters. The summed E-state index contributed by atoms with van der Waals surface area (Å²) in [5.41, 5.74) is 0.891. The molecule has 0 spiro atoms. The summed E-state index contributed by atoms with van der Waals surface area (Å²) in [5, 5.41) is 15.7. The first-order valence-corrected chi connectivity index (χ1v) is 7.26. The normalized spacial score (nSPS) is 23.9. The van der Waals surface area contributed by atoms with Crippen LogP contribution in [-0.2, 0) is 11.2 Å². The largest absolute Gasteiger partial charge is 0.486 e. The minimum atomic E-state index is -0.375. The highest BCUT2D eigenvalue weighted by Crippen LogP contribution is 2.30. The van der Waals surface area contributed by atoms with Crippen molar-refractivity contribution < 1.29 is 19.4 Å². The first-order valence-electron chi connectivity index (χ1n) is 7.26. The minimum absolute atomic E-state index is 0.0502. The summed E-state index contributed by atoms with van der Waals surface area (Å²) in [7, 11) is 0. The molecular formula is C15H20N2O4. The highest BCUT2D eigenvalue weighted by molar-refractivity contribution is 5.78.